The van der Waals surface area contributed by atoms with Gasteiger partial charge in [-0.2, -0.15) is 22.8 Å². The van der Waals surface area contributed by atoms with Gasteiger partial charge in [-0.05, 0) is 43.9 Å². The maximum Gasteiger partial charge on any atom is 0.401 e. The van der Waals surface area contributed by atoms with Crippen molar-refractivity contribution in [2.24, 2.45) is 0 Å². The number of hydrogen-bond acceptors (Lipinski definition) is 7. The minimum atomic E-state index is -4.23. The van der Waals surface area contributed by atoms with Crippen molar-refractivity contribution in [1.82, 2.24) is 24.4 Å². The number of benzene rings is 1. The van der Waals surface area contributed by atoms with Gasteiger partial charge in [-0.15, -0.1) is 0 Å². The number of amides is 1. The first-order valence-electron chi connectivity index (χ1n) is 14.5. The monoisotopic (exact) mass is 638 g/mol. The largest absolute Gasteiger partial charge is 0.401 e. The van der Waals surface area contributed by atoms with Gasteiger partial charge in [0.25, 0.3) is 5.91 Å². The quantitative estimate of drug-likeness (QED) is 0.412. The Morgan fingerprint density at radius 3 is 2.47 bits per heavy atom. The molecule has 0 aliphatic carbocycles. The molecule has 3 saturated heterocycles. The number of likely N-dealkylation sites (tertiary alicyclic amines) is 1. The summed E-state index contributed by atoms with van der Waals surface area (Å²) in [6, 6.07) is 8.47. The number of halogens is 4. The van der Waals surface area contributed by atoms with Crippen LogP contribution in [0.1, 0.15) is 47.8 Å². The lowest BCUT2D eigenvalue weighted by Gasteiger charge is -2.37. The molecule has 2 unspecified atom stereocenters. The number of rotatable bonds is 7. The molecule has 6 rings (SSSR count). The van der Waals surface area contributed by atoms with Gasteiger partial charge >= 0.3 is 6.18 Å². The van der Waals surface area contributed by atoms with Gasteiger partial charge in [0.15, 0.2) is 5.65 Å². The van der Waals surface area contributed by atoms with Crippen LogP contribution < -0.4 is 14.5 Å². The summed E-state index contributed by atoms with van der Waals surface area (Å²) >= 11 is 6.27. The molecule has 0 bridgehead atoms. The summed E-state index contributed by atoms with van der Waals surface area (Å²) in [7, 11) is -1.38. The van der Waals surface area contributed by atoms with Crippen LogP contribution in [0.5, 0.6) is 0 Å². The first-order chi connectivity index (χ1) is 20.6. The van der Waals surface area contributed by atoms with Crippen LogP contribution in [0.4, 0.5) is 30.5 Å². The van der Waals surface area contributed by atoms with Gasteiger partial charge in [-0.1, -0.05) is 11.6 Å². The number of hydrogen-bond donors (Lipinski definition) is 1. The molecule has 3 aromatic rings. The minimum absolute atomic E-state index is 0.229. The summed E-state index contributed by atoms with van der Waals surface area (Å²) in [6.07, 6.45) is 0.813. The molecule has 10 nitrogen and oxygen atoms in total. The van der Waals surface area contributed by atoms with Gasteiger partial charge in [0.2, 0.25) is 0 Å². The third kappa shape index (κ3) is 6.55. The van der Waals surface area contributed by atoms with Gasteiger partial charge in [-0.25, -0.2) is 9.19 Å². The second kappa shape index (κ2) is 12.1. The highest BCUT2D eigenvalue weighted by Gasteiger charge is 2.35. The van der Waals surface area contributed by atoms with E-state index in [2.05, 4.69) is 14.5 Å². The van der Waals surface area contributed by atoms with Crippen LogP contribution in [0.2, 0.25) is 5.02 Å². The molecule has 1 N–H and O–H groups in total. The zero-order valence-corrected chi connectivity index (χ0v) is 25.4. The molecule has 3 aliphatic heterocycles. The second-order valence-electron chi connectivity index (χ2n) is 11.3. The Kier molecular flexibility index (Phi) is 8.44. The van der Waals surface area contributed by atoms with Crippen LogP contribution in [0.25, 0.3) is 5.65 Å². The average molecular weight is 639 g/mol. The molecule has 3 aliphatic rings. The number of piperidine rings is 1. The Morgan fingerprint density at radius 1 is 1.02 bits per heavy atom. The summed E-state index contributed by atoms with van der Waals surface area (Å²) in [6.45, 7) is 2.85. The van der Waals surface area contributed by atoms with E-state index in [1.807, 2.05) is 12.1 Å². The van der Waals surface area contributed by atoms with Crippen molar-refractivity contribution in [1.29, 1.82) is 0 Å². The maximum atomic E-state index is 14.0. The predicted molar refractivity (Wildman–Crippen MR) is 161 cm³/mol. The number of aromatic nitrogens is 3. The van der Waals surface area contributed by atoms with Crippen LogP contribution in [0.15, 0.2) is 30.3 Å². The normalized spacial score (nSPS) is 20.8. The van der Waals surface area contributed by atoms with Crippen molar-refractivity contribution in [3.8, 4) is 0 Å². The third-order valence-electron chi connectivity index (χ3n) is 8.26. The van der Waals surface area contributed by atoms with E-state index in [0.717, 1.165) is 44.0 Å². The number of anilines is 3. The predicted octanol–water partition coefficient (Wildman–Crippen LogP) is 4.35. The SMILES string of the molecule is CS(=O)Nc1ccc(Cl)cc1C(=O)N1CCCCC1c1cc2nc(N3CCC3)cc(N3CCN(CC(F)(F)F)CC3)n2n1. The van der Waals surface area contributed by atoms with Crippen molar-refractivity contribution >= 4 is 51.5 Å². The van der Waals surface area contributed by atoms with Crippen molar-refractivity contribution in [2.75, 3.05) is 73.1 Å². The fourth-order valence-corrected chi connectivity index (χ4v) is 6.68. The van der Waals surface area contributed by atoms with E-state index < -0.39 is 23.7 Å². The maximum absolute atomic E-state index is 14.0. The number of nitrogens with one attached hydrogen (secondary N) is 1. The van der Waals surface area contributed by atoms with Crippen molar-refractivity contribution in [3.63, 3.8) is 0 Å². The van der Waals surface area contributed by atoms with Gasteiger partial charge in [0.1, 0.15) is 22.6 Å². The molecule has 0 saturated carbocycles. The zero-order valence-electron chi connectivity index (χ0n) is 23.8. The lowest BCUT2D eigenvalue weighted by molar-refractivity contribution is -0.146. The minimum Gasteiger partial charge on any atom is -0.356 e. The topological polar surface area (TPSA) is 89.3 Å². The smallest absolute Gasteiger partial charge is 0.356 e. The Balaban J connectivity index is 1.33. The first kappa shape index (κ1) is 29.9. The summed E-state index contributed by atoms with van der Waals surface area (Å²) in [5.41, 5.74) is 2.13. The van der Waals surface area contributed by atoms with E-state index in [-0.39, 0.29) is 11.9 Å². The standard InChI is InChI=1S/C28H34ClF3N8O2S/c1-43(42)35-21-7-6-19(29)15-20(21)27(41)39-10-3-2-5-23(39)22-16-25-33-24(37-8-4-9-37)17-26(40(25)34-22)38-13-11-36(12-14-38)18-28(30,31)32/h6-7,15-17,23,35H,2-5,8-14,18H2,1H3. The second-order valence-corrected chi connectivity index (χ2v) is 12.8. The molecule has 2 atom stereocenters. The Morgan fingerprint density at radius 2 is 1.79 bits per heavy atom. The molecule has 1 amide bonds. The van der Waals surface area contributed by atoms with Crippen molar-refractivity contribution < 1.29 is 22.2 Å². The molecule has 0 radical (unpaired) electrons. The van der Waals surface area contributed by atoms with E-state index in [9.17, 15) is 22.2 Å². The lowest BCUT2D eigenvalue weighted by atomic mass is 9.98. The van der Waals surface area contributed by atoms with E-state index in [1.54, 1.807) is 27.6 Å². The highest BCUT2D eigenvalue weighted by atomic mass is 35.5. The van der Waals surface area contributed by atoms with Gasteiger partial charge in [0, 0.05) is 69.2 Å². The third-order valence-corrected chi connectivity index (χ3v) is 9.01. The molecule has 3 fully saturated rings. The molecule has 232 valence electrons. The Hall–Kier alpha value is -3.10. The Labute approximate surface area is 255 Å². The first-order valence-corrected chi connectivity index (χ1v) is 16.4. The van der Waals surface area contributed by atoms with Gasteiger partial charge in [-0.3, -0.25) is 9.69 Å². The molecular weight excluding hydrogens is 605 g/mol. The summed E-state index contributed by atoms with van der Waals surface area (Å²) in [5.74, 6) is 1.37. The molecule has 15 heteroatoms. The number of carbonyl (C=O) groups is 1. The molecule has 0 spiro atoms. The van der Waals surface area contributed by atoms with E-state index in [4.69, 9.17) is 21.7 Å². The number of carbonyl (C=O) groups excluding carboxylic acids is 1. The van der Waals surface area contributed by atoms with Crippen LogP contribution in [0.3, 0.4) is 0 Å². The summed E-state index contributed by atoms with van der Waals surface area (Å²) in [4.78, 5) is 26.3. The van der Waals surface area contributed by atoms with Crippen LogP contribution in [-0.4, -0.2) is 99.3 Å². The molecule has 2 aromatic heterocycles. The van der Waals surface area contributed by atoms with Crippen LogP contribution >= 0.6 is 11.6 Å². The fourth-order valence-electron chi connectivity index (χ4n) is 6.02. The number of fused-ring (bicyclic) bond motifs is 1. The van der Waals surface area contributed by atoms with E-state index in [1.165, 1.54) is 11.2 Å². The van der Waals surface area contributed by atoms with E-state index >= 15 is 0 Å². The van der Waals surface area contributed by atoms with Crippen LogP contribution in [-0.2, 0) is 11.0 Å². The zero-order chi connectivity index (χ0) is 30.3. The molecule has 43 heavy (non-hydrogen) atoms. The molecule has 5 heterocycles. The van der Waals surface area contributed by atoms with Gasteiger partial charge in [0.05, 0.1) is 29.5 Å². The fraction of sp³-hybridized carbons (Fsp3) is 0.536. The average Bonchev–Trinajstić information content (AvgIpc) is 3.36. The van der Waals surface area contributed by atoms with Crippen LogP contribution in [0, 0.1) is 0 Å². The molecular formula is C28H34ClF3N8O2S. The highest BCUT2D eigenvalue weighted by molar-refractivity contribution is 7.85. The van der Waals surface area contributed by atoms with Crippen molar-refractivity contribution in [2.45, 2.75) is 37.9 Å². The number of nitrogens with zero attached hydrogens (tertiary/aromatic N) is 7. The Bertz CT molecular complexity index is 1520. The number of alkyl halides is 3. The summed E-state index contributed by atoms with van der Waals surface area (Å²) in [5, 5.41) is 5.37. The summed E-state index contributed by atoms with van der Waals surface area (Å²) < 4.78 is 55.5. The highest BCUT2D eigenvalue weighted by Crippen LogP contribution is 2.35. The lowest BCUT2D eigenvalue weighted by Crippen LogP contribution is -2.49. The van der Waals surface area contributed by atoms with Gasteiger partial charge < -0.3 is 19.4 Å². The number of piperazine rings is 1. The molecule has 1 aromatic carbocycles. The van der Waals surface area contributed by atoms with E-state index in [0.29, 0.717) is 66.8 Å². The van der Waals surface area contributed by atoms with Crippen molar-refractivity contribution in [3.05, 3.63) is 46.6 Å².